The van der Waals surface area contributed by atoms with Crippen molar-refractivity contribution in [2.45, 2.75) is 0 Å². The number of nitrogens with one attached hydrogen (secondary N) is 1. The second kappa shape index (κ2) is 12.4. The van der Waals surface area contributed by atoms with Gasteiger partial charge in [-0.1, -0.05) is 30.3 Å². The Morgan fingerprint density at radius 2 is 1.78 bits per heavy atom. The lowest BCUT2D eigenvalue weighted by atomic mass is 9.98. The Hall–Kier alpha value is -4.35. The fourth-order valence-electron chi connectivity index (χ4n) is 4.89. The van der Waals surface area contributed by atoms with Gasteiger partial charge in [0.15, 0.2) is 11.6 Å². The van der Waals surface area contributed by atoms with Crippen molar-refractivity contribution in [1.82, 2.24) is 10.4 Å². The van der Waals surface area contributed by atoms with Crippen molar-refractivity contribution in [2.24, 2.45) is 0 Å². The topological polar surface area (TPSA) is 76.2 Å². The molecule has 3 aromatic carbocycles. The number of methoxy groups -OCH3 is 2. The molecule has 0 saturated carbocycles. The molecule has 0 aliphatic carbocycles. The normalized spacial score (nSPS) is 12.7. The van der Waals surface area contributed by atoms with Crippen LogP contribution >= 0.6 is 0 Å². The first-order chi connectivity index (χ1) is 19.9. The Bertz CT molecular complexity index is 1560. The van der Waals surface area contributed by atoms with Crippen LogP contribution in [0, 0.1) is 17.5 Å². The fourth-order valence-corrected chi connectivity index (χ4v) is 4.89. The summed E-state index contributed by atoms with van der Waals surface area (Å²) < 4.78 is 59.6. The number of halogens is 3. The monoisotopic (exact) mass is 566 g/mol. The first kappa shape index (κ1) is 28.2. The van der Waals surface area contributed by atoms with Crippen LogP contribution in [0.3, 0.4) is 0 Å². The number of nitrogens with zero attached hydrogens (tertiary/aromatic N) is 3. The smallest absolute Gasteiger partial charge is 0.273 e. The zero-order valence-electron chi connectivity index (χ0n) is 22.6. The van der Waals surface area contributed by atoms with Gasteiger partial charge in [-0.2, -0.15) is 0 Å². The number of anilines is 2. The lowest BCUT2D eigenvalue weighted by Gasteiger charge is -2.32. The molecule has 0 unspecified atom stereocenters. The lowest BCUT2D eigenvalue weighted by molar-refractivity contribution is 0.0945. The molecule has 1 N–H and O–H groups in total. The zero-order chi connectivity index (χ0) is 28.9. The van der Waals surface area contributed by atoms with E-state index in [-0.39, 0.29) is 22.2 Å². The lowest BCUT2D eigenvalue weighted by Crippen LogP contribution is -2.47. The van der Waals surface area contributed by atoms with E-state index in [1.54, 1.807) is 31.4 Å². The van der Waals surface area contributed by atoms with Gasteiger partial charge in [0, 0.05) is 56.1 Å². The van der Waals surface area contributed by atoms with Gasteiger partial charge in [0.1, 0.15) is 18.2 Å². The summed E-state index contributed by atoms with van der Waals surface area (Å²) in [6.07, 6.45) is 1.39. The zero-order valence-corrected chi connectivity index (χ0v) is 22.6. The summed E-state index contributed by atoms with van der Waals surface area (Å²) >= 11 is 0. The number of carbonyl (C=O) groups is 1. The molecule has 11 heteroatoms. The molecule has 1 aliphatic heterocycles. The number of carbonyl (C=O) groups excluding carboxylic acids is 1. The van der Waals surface area contributed by atoms with Gasteiger partial charge in [-0.25, -0.2) is 13.2 Å². The van der Waals surface area contributed by atoms with Crippen LogP contribution in [0.15, 0.2) is 60.8 Å². The van der Waals surface area contributed by atoms with Gasteiger partial charge in [-0.3, -0.25) is 20.2 Å². The minimum absolute atomic E-state index is 0.187. The molecule has 2 heterocycles. The van der Waals surface area contributed by atoms with Gasteiger partial charge < -0.3 is 19.1 Å². The Morgan fingerprint density at radius 3 is 2.54 bits per heavy atom. The van der Waals surface area contributed by atoms with E-state index >= 15 is 0 Å². The number of amides is 1. The van der Waals surface area contributed by atoms with Crippen molar-refractivity contribution >= 4 is 28.2 Å². The van der Waals surface area contributed by atoms with Crippen molar-refractivity contribution in [3.63, 3.8) is 0 Å². The summed E-state index contributed by atoms with van der Waals surface area (Å²) in [4.78, 5) is 20.3. The summed E-state index contributed by atoms with van der Waals surface area (Å²) in [7, 11) is 3.14. The molecule has 5 rings (SSSR count). The van der Waals surface area contributed by atoms with E-state index in [2.05, 4.69) is 10.4 Å². The predicted octanol–water partition coefficient (Wildman–Crippen LogP) is 4.96. The van der Waals surface area contributed by atoms with E-state index in [9.17, 15) is 18.0 Å². The van der Waals surface area contributed by atoms with Crippen molar-refractivity contribution in [2.75, 3.05) is 63.6 Å². The highest BCUT2D eigenvalue weighted by molar-refractivity contribution is 6.10. The van der Waals surface area contributed by atoms with Crippen molar-refractivity contribution < 1.29 is 32.2 Å². The predicted molar refractivity (Wildman–Crippen MR) is 150 cm³/mol. The fraction of sp³-hybridized carbons (Fsp3) is 0.267. The van der Waals surface area contributed by atoms with E-state index in [1.807, 2.05) is 29.2 Å². The average Bonchev–Trinajstić information content (AvgIpc) is 2.98. The molecule has 214 valence electrons. The highest BCUT2D eigenvalue weighted by Gasteiger charge is 2.26. The molecule has 1 aliphatic rings. The number of ether oxygens (including phenoxy) is 3. The van der Waals surface area contributed by atoms with Crippen LogP contribution in [-0.2, 0) is 9.47 Å². The highest BCUT2D eigenvalue weighted by atomic mass is 19.2. The number of benzene rings is 3. The Morgan fingerprint density at radius 1 is 1.02 bits per heavy atom. The van der Waals surface area contributed by atoms with Gasteiger partial charge in [-0.05, 0) is 18.2 Å². The van der Waals surface area contributed by atoms with Crippen LogP contribution < -0.4 is 20.1 Å². The molecule has 0 atom stereocenters. The standard InChI is InChI=1S/C30H29F3N4O4/c1-39-13-10-36(11-14-40-2)29-21-7-5-6-20(22-16-19(31)17-24(32)27(22)33)28(21)34-18-23(29)30(38)35-37-12-15-41-26-9-4-3-8-25(26)37/h3-9,16-18H,10-15H2,1-2H3,(H,35,38). The maximum atomic E-state index is 14.9. The Kier molecular flexibility index (Phi) is 8.55. The van der Waals surface area contributed by atoms with Gasteiger partial charge >= 0.3 is 0 Å². The SMILES string of the molecule is COCCN(CCOC)c1c(C(=O)NN2CCOc3ccccc32)cnc2c(-c3cc(F)cc(F)c3F)cccc12. The molecule has 4 aromatic rings. The maximum absolute atomic E-state index is 14.9. The van der Waals surface area contributed by atoms with E-state index in [4.69, 9.17) is 14.2 Å². The van der Waals surface area contributed by atoms with Gasteiger partial charge in [0.25, 0.3) is 5.91 Å². The minimum atomic E-state index is -1.30. The van der Waals surface area contributed by atoms with E-state index in [0.717, 1.165) is 6.07 Å². The largest absolute Gasteiger partial charge is 0.489 e. The molecule has 1 amide bonds. The van der Waals surface area contributed by atoms with E-state index in [0.29, 0.717) is 68.0 Å². The second-order valence-corrected chi connectivity index (χ2v) is 9.35. The Labute approximate surface area is 235 Å². The highest BCUT2D eigenvalue weighted by Crippen LogP contribution is 2.37. The number of hydrogen-bond donors (Lipinski definition) is 1. The van der Waals surface area contributed by atoms with E-state index < -0.39 is 23.4 Å². The minimum Gasteiger partial charge on any atom is -0.489 e. The quantitative estimate of drug-likeness (QED) is 0.272. The van der Waals surface area contributed by atoms with Crippen LogP contribution in [0.2, 0.25) is 0 Å². The van der Waals surface area contributed by atoms with Crippen molar-refractivity contribution in [1.29, 1.82) is 0 Å². The van der Waals surface area contributed by atoms with Gasteiger partial charge in [0.2, 0.25) is 0 Å². The molecular weight excluding hydrogens is 537 g/mol. The number of pyridine rings is 1. The molecule has 0 saturated heterocycles. The van der Waals surface area contributed by atoms with Gasteiger partial charge in [0.05, 0.1) is 42.2 Å². The summed E-state index contributed by atoms with van der Waals surface area (Å²) in [6.45, 7) is 2.28. The van der Waals surface area contributed by atoms with Crippen LogP contribution in [0.4, 0.5) is 24.5 Å². The molecule has 0 fully saturated rings. The number of fused-ring (bicyclic) bond motifs is 2. The first-order valence-electron chi connectivity index (χ1n) is 13.0. The third-order valence-corrected chi connectivity index (χ3v) is 6.81. The van der Waals surface area contributed by atoms with Crippen LogP contribution in [0.5, 0.6) is 5.75 Å². The molecule has 0 radical (unpaired) electrons. The van der Waals surface area contributed by atoms with E-state index in [1.165, 1.54) is 12.3 Å². The third-order valence-electron chi connectivity index (χ3n) is 6.81. The first-order valence-corrected chi connectivity index (χ1v) is 13.0. The molecule has 0 spiro atoms. The summed E-state index contributed by atoms with van der Waals surface area (Å²) in [5.74, 6) is -3.20. The number of rotatable bonds is 10. The van der Waals surface area contributed by atoms with Crippen LogP contribution in [0.25, 0.3) is 22.0 Å². The third kappa shape index (κ3) is 5.77. The number of aromatic nitrogens is 1. The van der Waals surface area contributed by atoms with Crippen molar-refractivity contribution in [3.8, 4) is 16.9 Å². The number of hydrogen-bond acceptors (Lipinski definition) is 7. The molecule has 8 nitrogen and oxygen atoms in total. The average molecular weight is 567 g/mol. The number of para-hydroxylation sites is 3. The summed E-state index contributed by atoms with van der Waals surface area (Å²) in [5.41, 5.74) is 4.62. The van der Waals surface area contributed by atoms with Crippen molar-refractivity contribution in [3.05, 3.63) is 83.8 Å². The summed E-state index contributed by atoms with van der Waals surface area (Å²) in [6, 6.07) is 13.7. The molecule has 0 bridgehead atoms. The van der Waals surface area contributed by atoms with Crippen LogP contribution in [-0.4, -0.2) is 64.6 Å². The van der Waals surface area contributed by atoms with Gasteiger partial charge in [-0.15, -0.1) is 0 Å². The number of hydrazine groups is 1. The molecule has 41 heavy (non-hydrogen) atoms. The Balaban J connectivity index is 1.65. The molecule has 1 aromatic heterocycles. The maximum Gasteiger partial charge on any atom is 0.273 e. The van der Waals surface area contributed by atoms with Crippen LogP contribution in [0.1, 0.15) is 10.4 Å². The second-order valence-electron chi connectivity index (χ2n) is 9.35. The summed E-state index contributed by atoms with van der Waals surface area (Å²) in [5, 5.41) is 2.21. The molecular formula is C30H29F3N4O4.